The van der Waals surface area contributed by atoms with Crippen LogP contribution in [0.25, 0.3) is 10.9 Å². The number of hydrogen-bond acceptors (Lipinski definition) is 5. The summed E-state index contributed by atoms with van der Waals surface area (Å²) in [7, 11) is 0. The fourth-order valence-electron chi connectivity index (χ4n) is 5.81. The van der Waals surface area contributed by atoms with E-state index in [1.807, 2.05) is 0 Å². The molecule has 2 aromatic rings. The summed E-state index contributed by atoms with van der Waals surface area (Å²) < 4.78 is 11.6. The van der Waals surface area contributed by atoms with E-state index in [1.54, 1.807) is 0 Å². The molecule has 184 valence electrons. The number of carbonyl (C=O) groups excluding carboxylic acids is 1. The molecule has 1 unspecified atom stereocenters. The Morgan fingerprint density at radius 2 is 1.85 bits per heavy atom. The van der Waals surface area contributed by atoms with Gasteiger partial charge in [0.2, 0.25) is 5.91 Å². The molecule has 0 saturated carbocycles. The largest absolute Gasteiger partial charge is 0.378 e. The Labute approximate surface area is 203 Å². The Balaban J connectivity index is 1.52. The first-order valence-corrected chi connectivity index (χ1v) is 13.3. The fourth-order valence-corrected chi connectivity index (χ4v) is 5.81. The molecule has 1 aromatic carbocycles. The number of amides is 1. The van der Waals surface area contributed by atoms with Crippen molar-refractivity contribution in [2.45, 2.75) is 71.4 Å². The van der Waals surface area contributed by atoms with Gasteiger partial charge in [-0.3, -0.25) is 4.79 Å². The number of carbonyl (C=O) groups is 1. The second-order valence-corrected chi connectivity index (χ2v) is 10.1. The lowest BCUT2D eigenvalue weighted by Gasteiger charge is -2.33. The molecule has 5 rings (SSSR count). The lowest BCUT2D eigenvalue weighted by atomic mass is 10.00. The molecule has 6 nitrogen and oxygen atoms in total. The Hall–Kier alpha value is -2.18. The number of aryl methyl sites for hydroxylation is 2. The zero-order valence-corrected chi connectivity index (χ0v) is 20.9. The number of nitrogens with zero attached hydrogens (tertiary/aromatic N) is 3. The van der Waals surface area contributed by atoms with E-state index in [2.05, 4.69) is 41.8 Å². The summed E-state index contributed by atoms with van der Waals surface area (Å²) in [6.45, 7) is 9.40. The van der Waals surface area contributed by atoms with Gasteiger partial charge < -0.3 is 19.3 Å². The third kappa shape index (κ3) is 4.94. The van der Waals surface area contributed by atoms with Gasteiger partial charge in [-0.15, -0.1) is 0 Å². The molecule has 0 radical (unpaired) electrons. The molecule has 0 bridgehead atoms. The van der Waals surface area contributed by atoms with E-state index in [0.717, 1.165) is 88.3 Å². The maximum atomic E-state index is 13.6. The molecule has 3 heterocycles. The van der Waals surface area contributed by atoms with Gasteiger partial charge in [0.25, 0.3) is 0 Å². The first kappa shape index (κ1) is 23.6. The van der Waals surface area contributed by atoms with E-state index < -0.39 is 0 Å². The number of anilines is 1. The van der Waals surface area contributed by atoms with E-state index in [9.17, 15) is 4.79 Å². The van der Waals surface area contributed by atoms with Crippen LogP contribution in [0.1, 0.15) is 62.6 Å². The van der Waals surface area contributed by atoms with Crippen LogP contribution < -0.4 is 4.90 Å². The summed E-state index contributed by atoms with van der Waals surface area (Å²) in [6.07, 6.45) is 7.54. The highest BCUT2D eigenvalue weighted by molar-refractivity contribution is 5.84. The van der Waals surface area contributed by atoms with Crippen LogP contribution in [-0.2, 0) is 33.7 Å². The molecule has 3 aliphatic rings. The average Bonchev–Trinajstić information content (AvgIpc) is 3.55. The first-order valence-electron chi connectivity index (χ1n) is 13.3. The number of morpholine rings is 1. The minimum Gasteiger partial charge on any atom is -0.378 e. The Bertz CT molecular complexity index is 1010. The normalized spacial score (nSPS) is 20.3. The molecule has 2 saturated heterocycles. The van der Waals surface area contributed by atoms with Crippen LogP contribution >= 0.6 is 0 Å². The van der Waals surface area contributed by atoms with Crippen molar-refractivity contribution in [1.29, 1.82) is 0 Å². The zero-order chi connectivity index (χ0) is 23.5. The Morgan fingerprint density at radius 1 is 1.09 bits per heavy atom. The van der Waals surface area contributed by atoms with E-state index in [4.69, 9.17) is 14.5 Å². The topological polar surface area (TPSA) is 54.9 Å². The van der Waals surface area contributed by atoms with Crippen LogP contribution in [0.2, 0.25) is 0 Å². The SMILES string of the molecule is CCC(CC)C(=O)N(Cc1cc2cc3c(cc2nc1N1CCOCC1)CCC3)CC1CCCO1. The van der Waals surface area contributed by atoms with Gasteiger partial charge >= 0.3 is 0 Å². The van der Waals surface area contributed by atoms with E-state index in [1.165, 1.54) is 22.9 Å². The quantitative estimate of drug-likeness (QED) is 0.574. The number of pyridine rings is 1. The highest BCUT2D eigenvalue weighted by Crippen LogP contribution is 2.32. The van der Waals surface area contributed by atoms with E-state index >= 15 is 0 Å². The van der Waals surface area contributed by atoms with Gasteiger partial charge in [0.15, 0.2) is 0 Å². The van der Waals surface area contributed by atoms with Crippen molar-refractivity contribution in [2.24, 2.45) is 5.92 Å². The van der Waals surface area contributed by atoms with Crippen molar-refractivity contribution in [1.82, 2.24) is 9.88 Å². The van der Waals surface area contributed by atoms with E-state index in [-0.39, 0.29) is 17.9 Å². The van der Waals surface area contributed by atoms with E-state index in [0.29, 0.717) is 13.1 Å². The summed E-state index contributed by atoms with van der Waals surface area (Å²) in [5, 5.41) is 1.19. The van der Waals surface area contributed by atoms with Crippen LogP contribution in [0.4, 0.5) is 5.82 Å². The van der Waals surface area contributed by atoms with Gasteiger partial charge in [-0.2, -0.15) is 0 Å². The molecule has 0 spiro atoms. The van der Waals surface area contributed by atoms with Gasteiger partial charge in [-0.1, -0.05) is 13.8 Å². The molecule has 1 amide bonds. The van der Waals surface area contributed by atoms with Crippen LogP contribution in [-0.4, -0.2) is 61.3 Å². The molecule has 0 N–H and O–H groups in total. The highest BCUT2D eigenvalue weighted by atomic mass is 16.5. The molecule has 6 heteroatoms. The van der Waals surface area contributed by atoms with Gasteiger partial charge in [-0.25, -0.2) is 4.98 Å². The molecule has 1 aliphatic carbocycles. The summed E-state index contributed by atoms with van der Waals surface area (Å²) in [5.41, 5.74) is 5.13. The number of hydrogen-bond donors (Lipinski definition) is 0. The Morgan fingerprint density at radius 3 is 2.56 bits per heavy atom. The van der Waals surface area contributed by atoms with Gasteiger partial charge in [-0.05, 0) is 74.3 Å². The van der Waals surface area contributed by atoms with Crippen LogP contribution in [0, 0.1) is 5.92 Å². The minimum atomic E-state index is 0.0601. The van der Waals surface area contributed by atoms with Crippen LogP contribution in [0.3, 0.4) is 0 Å². The predicted molar refractivity (Wildman–Crippen MR) is 135 cm³/mol. The number of aromatic nitrogens is 1. The number of ether oxygens (including phenoxy) is 2. The van der Waals surface area contributed by atoms with Gasteiger partial charge in [0.05, 0.1) is 24.8 Å². The second-order valence-electron chi connectivity index (χ2n) is 10.1. The van der Waals surface area contributed by atoms with Gasteiger partial charge in [0, 0.05) is 49.7 Å². The maximum Gasteiger partial charge on any atom is 0.226 e. The number of benzene rings is 1. The number of fused-ring (bicyclic) bond motifs is 2. The molecule has 1 aromatic heterocycles. The summed E-state index contributed by atoms with van der Waals surface area (Å²) >= 11 is 0. The molecule has 1 atom stereocenters. The predicted octanol–water partition coefficient (Wildman–Crippen LogP) is 4.50. The standard InChI is InChI=1S/C28H39N3O3/c1-3-20(4-2)28(32)31(19-25-9-6-12-34-25)18-24-16-23-15-21-7-5-8-22(21)17-26(23)29-27(24)30-10-13-33-14-11-30/h15-17,20,25H,3-14,18-19H2,1-2H3. The average molecular weight is 466 g/mol. The third-order valence-electron chi connectivity index (χ3n) is 7.85. The Kier molecular flexibility index (Phi) is 7.35. The lowest BCUT2D eigenvalue weighted by molar-refractivity contribution is -0.138. The van der Waals surface area contributed by atoms with Gasteiger partial charge in [0.1, 0.15) is 5.82 Å². The molecular weight excluding hydrogens is 426 g/mol. The third-order valence-corrected chi connectivity index (χ3v) is 7.85. The van der Waals surface area contributed by atoms with Crippen molar-refractivity contribution in [2.75, 3.05) is 44.4 Å². The van der Waals surface area contributed by atoms with Crippen molar-refractivity contribution < 1.29 is 14.3 Å². The monoisotopic (exact) mass is 465 g/mol. The first-order chi connectivity index (χ1) is 16.7. The van der Waals surface area contributed by atoms with Crippen molar-refractivity contribution in [3.8, 4) is 0 Å². The number of rotatable bonds is 8. The second kappa shape index (κ2) is 10.6. The van der Waals surface area contributed by atoms with Crippen molar-refractivity contribution in [3.05, 3.63) is 34.9 Å². The van der Waals surface area contributed by atoms with Crippen molar-refractivity contribution >= 4 is 22.6 Å². The summed E-state index contributed by atoms with van der Waals surface area (Å²) in [6, 6.07) is 6.93. The fraction of sp³-hybridized carbons (Fsp3) is 0.643. The molecule has 34 heavy (non-hydrogen) atoms. The molecular formula is C28H39N3O3. The lowest BCUT2D eigenvalue weighted by Crippen LogP contribution is -2.41. The summed E-state index contributed by atoms with van der Waals surface area (Å²) in [5.74, 6) is 1.33. The maximum absolute atomic E-state index is 13.6. The molecule has 2 aliphatic heterocycles. The smallest absolute Gasteiger partial charge is 0.226 e. The van der Waals surface area contributed by atoms with Crippen molar-refractivity contribution in [3.63, 3.8) is 0 Å². The minimum absolute atomic E-state index is 0.0601. The summed E-state index contributed by atoms with van der Waals surface area (Å²) in [4.78, 5) is 23.2. The van der Waals surface area contributed by atoms with Crippen LogP contribution in [0.15, 0.2) is 18.2 Å². The molecule has 2 fully saturated rings. The highest BCUT2D eigenvalue weighted by Gasteiger charge is 2.28. The zero-order valence-electron chi connectivity index (χ0n) is 20.9. The van der Waals surface area contributed by atoms with Crippen LogP contribution in [0.5, 0.6) is 0 Å².